The first-order valence-electron chi connectivity index (χ1n) is 7.28. The number of hydrogen-bond donors (Lipinski definition) is 2. The molecule has 0 radical (unpaired) electrons. The molecular formula is C14H28N2O3. The third-order valence-electron chi connectivity index (χ3n) is 3.70. The SMILES string of the molecule is COCCOCCNC(=O)CC(C)C1CCNCC1. The van der Waals surface area contributed by atoms with Crippen LogP contribution in [-0.2, 0) is 14.3 Å². The second kappa shape index (κ2) is 10.2. The Morgan fingerprint density at radius 3 is 2.74 bits per heavy atom. The van der Waals surface area contributed by atoms with Crippen LogP contribution in [0.15, 0.2) is 0 Å². The van der Waals surface area contributed by atoms with Gasteiger partial charge in [-0.05, 0) is 37.8 Å². The van der Waals surface area contributed by atoms with Crippen molar-refractivity contribution in [2.45, 2.75) is 26.2 Å². The van der Waals surface area contributed by atoms with Crippen molar-refractivity contribution in [3.05, 3.63) is 0 Å². The van der Waals surface area contributed by atoms with E-state index >= 15 is 0 Å². The Kier molecular flexibility index (Phi) is 8.79. The number of hydrogen-bond acceptors (Lipinski definition) is 4. The van der Waals surface area contributed by atoms with Crippen LogP contribution < -0.4 is 10.6 Å². The van der Waals surface area contributed by atoms with Gasteiger partial charge in [0.1, 0.15) is 0 Å². The summed E-state index contributed by atoms with van der Waals surface area (Å²) in [6.07, 6.45) is 3.01. The number of amides is 1. The number of carbonyl (C=O) groups is 1. The van der Waals surface area contributed by atoms with Gasteiger partial charge >= 0.3 is 0 Å². The first-order chi connectivity index (χ1) is 9.24. The average Bonchev–Trinajstić information content (AvgIpc) is 2.43. The lowest BCUT2D eigenvalue weighted by molar-refractivity contribution is -0.122. The van der Waals surface area contributed by atoms with Crippen LogP contribution in [0.1, 0.15) is 26.2 Å². The van der Waals surface area contributed by atoms with Crippen molar-refractivity contribution in [3.8, 4) is 0 Å². The number of methoxy groups -OCH3 is 1. The molecule has 2 N–H and O–H groups in total. The van der Waals surface area contributed by atoms with E-state index in [1.807, 2.05) is 0 Å². The van der Waals surface area contributed by atoms with Gasteiger partial charge in [0.15, 0.2) is 0 Å². The van der Waals surface area contributed by atoms with Crippen LogP contribution in [0.4, 0.5) is 0 Å². The fraction of sp³-hybridized carbons (Fsp3) is 0.929. The van der Waals surface area contributed by atoms with Crippen LogP contribution in [0.25, 0.3) is 0 Å². The quantitative estimate of drug-likeness (QED) is 0.609. The van der Waals surface area contributed by atoms with Gasteiger partial charge in [0.25, 0.3) is 0 Å². The molecule has 1 fully saturated rings. The zero-order valence-corrected chi connectivity index (χ0v) is 12.2. The normalized spacial score (nSPS) is 18.2. The Morgan fingerprint density at radius 1 is 1.32 bits per heavy atom. The largest absolute Gasteiger partial charge is 0.382 e. The Hall–Kier alpha value is -0.650. The van der Waals surface area contributed by atoms with E-state index in [0.29, 0.717) is 44.6 Å². The Labute approximate surface area is 116 Å². The zero-order valence-electron chi connectivity index (χ0n) is 12.2. The summed E-state index contributed by atoms with van der Waals surface area (Å²) in [5, 5.41) is 6.26. The van der Waals surface area contributed by atoms with Crippen molar-refractivity contribution >= 4 is 5.91 Å². The molecule has 0 aromatic rings. The van der Waals surface area contributed by atoms with Gasteiger partial charge in [0, 0.05) is 20.1 Å². The number of nitrogens with one attached hydrogen (secondary N) is 2. The van der Waals surface area contributed by atoms with Crippen LogP contribution >= 0.6 is 0 Å². The van der Waals surface area contributed by atoms with E-state index < -0.39 is 0 Å². The van der Waals surface area contributed by atoms with Crippen LogP contribution in [0.3, 0.4) is 0 Å². The highest BCUT2D eigenvalue weighted by atomic mass is 16.5. The van der Waals surface area contributed by atoms with Crippen molar-refractivity contribution in [3.63, 3.8) is 0 Å². The van der Waals surface area contributed by atoms with E-state index in [1.54, 1.807) is 7.11 Å². The van der Waals surface area contributed by atoms with Crippen molar-refractivity contribution in [1.29, 1.82) is 0 Å². The first-order valence-corrected chi connectivity index (χ1v) is 7.28. The molecule has 1 amide bonds. The molecule has 0 bridgehead atoms. The summed E-state index contributed by atoms with van der Waals surface area (Å²) >= 11 is 0. The molecule has 1 atom stereocenters. The lowest BCUT2D eigenvalue weighted by atomic mass is 9.84. The van der Waals surface area contributed by atoms with E-state index in [0.717, 1.165) is 13.1 Å². The third-order valence-corrected chi connectivity index (χ3v) is 3.70. The summed E-state index contributed by atoms with van der Waals surface area (Å²) < 4.78 is 10.2. The summed E-state index contributed by atoms with van der Waals surface area (Å²) in [5.74, 6) is 1.29. The van der Waals surface area contributed by atoms with E-state index in [4.69, 9.17) is 9.47 Å². The van der Waals surface area contributed by atoms with Crippen LogP contribution in [0.2, 0.25) is 0 Å². The maximum absolute atomic E-state index is 11.8. The van der Waals surface area contributed by atoms with Gasteiger partial charge in [-0.25, -0.2) is 0 Å². The lowest BCUT2D eigenvalue weighted by Crippen LogP contribution is -2.34. The highest BCUT2D eigenvalue weighted by molar-refractivity contribution is 5.76. The third kappa shape index (κ3) is 7.50. The minimum atomic E-state index is 0.140. The molecular weight excluding hydrogens is 244 g/mol. The Bertz CT molecular complexity index is 243. The number of rotatable bonds is 9. The molecule has 1 aliphatic heterocycles. The zero-order chi connectivity index (χ0) is 13.9. The molecule has 0 saturated carbocycles. The second-order valence-corrected chi connectivity index (χ2v) is 5.22. The molecule has 112 valence electrons. The van der Waals surface area contributed by atoms with Gasteiger partial charge < -0.3 is 20.1 Å². The predicted molar refractivity (Wildman–Crippen MR) is 75.1 cm³/mol. The smallest absolute Gasteiger partial charge is 0.220 e. The molecule has 0 aromatic carbocycles. The minimum absolute atomic E-state index is 0.140. The van der Waals surface area contributed by atoms with Gasteiger partial charge in [-0.15, -0.1) is 0 Å². The highest BCUT2D eigenvalue weighted by Gasteiger charge is 2.21. The van der Waals surface area contributed by atoms with Gasteiger partial charge in [-0.3, -0.25) is 4.79 Å². The van der Waals surface area contributed by atoms with E-state index in [2.05, 4.69) is 17.6 Å². The molecule has 0 aromatic heterocycles. The maximum Gasteiger partial charge on any atom is 0.220 e. The summed E-state index contributed by atoms with van der Waals surface area (Å²) in [7, 11) is 1.65. The molecule has 0 aliphatic carbocycles. The average molecular weight is 272 g/mol. The molecule has 1 aliphatic rings. The topological polar surface area (TPSA) is 59.6 Å². The number of piperidine rings is 1. The molecule has 1 rings (SSSR count). The van der Waals surface area contributed by atoms with E-state index in [9.17, 15) is 4.79 Å². The molecule has 19 heavy (non-hydrogen) atoms. The van der Waals surface area contributed by atoms with Crippen LogP contribution in [-0.4, -0.2) is 52.5 Å². The summed E-state index contributed by atoms with van der Waals surface area (Å²) in [5.41, 5.74) is 0. The summed E-state index contributed by atoms with van der Waals surface area (Å²) in [4.78, 5) is 11.8. The standard InChI is InChI=1S/C14H28N2O3/c1-12(13-3-5-15-6-4-13)11-14(17)16-7-8-19-10-9-18-2/h12-13,15H,3-11H2,1-2H3,(H,16,17). The van der Waals surface area contributed by atoms with Gasteiger partial charge in [0.05, 0.1) is 19.8 Å². The van der Waals surface area contributed by atoms with Crippen molar-refractivity contribution in [1.82, 2.24) is 10.6 Å². The van der Waals surface area contributed by atoms with Crippen molar-refractivity contribution < 1.29 is 14.3 Å². The van der Waals surface area contributed by atoms with Crippen molar-refractivity contribution in [2.75, 3.05) is 46.6 Å². The fourth-order valence-corrected chi connectivity index (χ4v) is 2.45. The first kappa shape index (κ1) is 16.4. The van der Waals surface area contributed by atoms with Crippen molar-refractivity contribution in [2.24, 2.45) is 11.8 Å². The summed E-state index contributed by atoms with van der Waals surface area (Å²) in [6.45, 7) is 6.68. The second-order valence-electron chi connectivity index (χ2n) is 5.22. The molecule has 1 saturated heterocycles. The minimum Gasteiger partial charge on any atom is -0.382 e. The fourth-order valence-electron chi connectivity index (χ4n) is 2.45. The lowest BCUT2D eigenvalue weighted by Gasteiger charge is -2.27. The van der Waals surface area contributed by atoms with Crippen LogP contribution in [0.5, 0.6) is 0 Å². The predicted octanol–water partition coefficient (Wildman–Crippen LogP) is 0.791. The van der Waals surface area contributed by atoms with Gasteiger partial charge in [0.2, 0.25) is 5.91 Å². The molecule has 5 heteroatoms. The molecule has 1 heterocycles. The van der Waals surface area contributed by atoms with Gasteiger partial charge in [-0.2, -0.15) is 0 Å². The molecule has 0 spiro atoms. The Morgan fingerprint density at radius 2 is 2.05 bits per heavy atom. The number of carbonyl (C=O) groups excluding carboxylic acids is 1. The number of ether oxygens (including phenoxy) is 2. The maximum atomic E-state index is 11.8. The molecule has 1 unspecified atom stereocenters. The Balaban J connectivity index is 2.02. The van der Waals surface area contributed by atoms with E-state index in [-0.39, 0.29) is 5.91 Å². The highest BCUT2D eigenvalue weighted by Crippen LogP contribution is 2.23. The van der Waals surface area contributed by atoms with Crippen LogP contribution in [0, 0.1) is 11.8 Å². The van der Waals surface area contributed by atoms with Gasteiger partial charge in [-0.1, -0.05) is 6.92 Å². The monoisotopic (exact) mass is 272 g/mol. The summed E-state index contributed by atoms with van der Waals surface area (Å²) in [6, 6.07) is 0. The van der Waals surface area contributed by atoms with E-state index in [1.165, 1.54) is 12.8 Å². The molecule has 5 nitrogen and oxygen atoms in total.